The molecular formula is C23H20FNO2S. The molecule has 0 spiro atoms. The summed E-state index contributed by atoms with van der Waals surface area (Å²) in [6, 6.07) is 13.9. The lowest BCUT2D eigenvalue weighted by Crippen LogP contribution is -2.30. The number of rotatable bonds is 4. The van der Waals surface area contributed by atoms with Gasteiger partial charge in [-0.15, -0.1) is 11.3 Å². The first kappa shape index (κ1) is 18.4. The minimum Gasteiger partial charge on any atom is -0.451 e. The van der Waals surface area contributed by atoms with Crippen molar-refractivity contribution in [2.45, 2.75) is 27.3 Å². The van der Waals surface area contributed by atoms with E-state index in [1.807, 2.05) is 44.4 Å². The Morgan fingerprint density at radius 2 is 1.79 bits per heavy atom. The van der Waals surface area contributed by atoms with E-state index in [2.05, 4.69) is 6.07 Å². The van der Waals surface area contributed by atoms with Crippen molar-refractivity contribution in [3.05, 3.63) is 87.1 Å². The number of benzene rings is 2. The van der Waals surface area contributed by atoms with Crippen LogP contribution in [0.15, 0.2) is 58.3 Å². The van der Waals surface area contributed by atoms with Crippen molar-refractivity contribution in [3.8, 4) is 0 Å². The summed E-state index contributed by atoms with van der Waals surface area (Å²) in [7, 11) is 0. The number of hydrogen-bond acceptors (Lipinski definition) is 3. The number of anilines is 1. The van der Waals surface area contributed by atoms with Crippen molar-refractivity contribution >= 4 is 33.9 Å². The Morgan fingerprint density at radius 3 is 2.46 bits per heavy atom. The molecule has 2 aromatic heterocycles. The fourth-order valence-electron chi connectivity index (χ4n) is 3.26. The maximum absolute atomic E-state index is 13.5. The lowest BCUT2D eigenvalue weighted by Gasteiger charge is -2.21. The Balaban J connectivity index is 1.79. The third kappa shape index (κ3) is 3.34. The molecule has 0 aliphatic heterocycles. The van der Waals surface area contributed by atoms with Crippen molar-refractivity contribution in [2.24, 2.45) is 0 Å². The smallest absolute Gasteiger partial charge is 0.294 e. The normalized spacial score (nSPS) is 11.1. The predicted molar refractivity (Wildman–Crippen MR) is 112 cm³/mol. The fraction of sp³-hybridized carbons (Fsp3) is 0.174. The molecule has 0 saturated heterocycles. The fourth-order valence-corrected chi connectivity index (χ4v) is 3.96. The molecule has 28 heavy (non-hydrogen) atoms. The van der Waals surface area contributed by atoms with Crippen LogP contribution in [0.2, 0.25) is 0 Å². The van der Waals surface area contributed by atoms with Gasteiger partial charge >= 0.3 is 0 Å². The number of thiophene rings is 1. The Labute approximate surface area is 167 Å². The lowest BCUT2D eigenvalue weighted by molar-refractivity contribution is 0.0960. The first-order chi connectivity index (χ1) is 13.4. The van der Waals surface area contributed by atoms with Gasteiger partial charge in [0.15, 0.2) is 5.76 Å². The summed E-state index contributed by atoms with van der Waals surface area (Å²) in [4.78, 5) is 16.1. The highest BCUT2D eigenvalue weighted by molar-refractivity contribution is 7.09. The molecule has 0 aliphatic rings. The third-order valence-electron chi connectivity index (χ3n) is 5.02. The van der Waals surface area contributed by atoms with Gasteiger partial charge in [0.1, 0.15) is 11.4 Å². The first-order valence-electron chi connectivity index (χ1n) is 9.04. The van der Waals surface area contributed by atoms with E-state index in [1.165, 1.54) is 12.1 Å². The molecule has 1 amide bonds. The average molecular weight is 393 g/mol. The van der Waals surface area contributed by atoms with E-state index < -0.39 is 0 Å². The maximum Gasteiger partial charge on any atom is 0.294 e. The zero-order valence-corrected chi connectivity index (χ0v) is 16.8. The summed E-state index contributed by atoms with van der Waals surface area (Å²) in [6.45, 7) is 6.37. The molecular weight excluding hydrogens is 373 g/mol. The summed E-state index contributed by atoms with van der Waals surface area (Å²) in [6.07, 6.45) is 0. The third-order valence-corrected chi connectivity index (χ3v) is 5.89. The van der Waals surface area contributed by atoms with Gasteiger partial charge in [-0.2, -0.15) is 0 Å². The van der Waals surface area contributed by atoms with E-state index in [0.29, 0.717) is 23.6 Å². The van der Waals surface area contributed by atoms with E-state index in [0.717, 1.165) is 27.0 Å². The molecule has 4 aromatic rings. The van der Waals surface area contributed by atoms with Crippen molar-refractivity contribution in [1.29, 1.82) is 0 Å². The van der Waals surface area contributed by atoms with Crippen LogP contribution < -0.4 is 4.90 Å². The monoisotopic (exact) mass is 393 g/mol. The van der Waals surface area contributed by atoms with E-state index in [1.54, 1.807) is 28.4 Å². The SMILES string of the molecule is Cc1cc2oc(C(=O)N(Cc3cccs3)c3ccc(F)cc3)c(C)c2cc1C. The molecule has 3 nitrogen and oxygen atoms in total. The molecule has 0 aliphatic carbocycles. The summed E-state index contributed by atoms with van der Waals surface area (Å²) in [5.41, 5.74) is 4.44. The molecule has 0 saturated carbocycles. The van der Waals surface area contributed by atoms with Gasteiger partial charge in [-0.25, -0.2) is 4.39 Å². The van der Waals surface area contributed by atoms with Crippen LogP contribution in [-0.2, 0) is 6.54 Å². The molecule has 0 N–H and O–H groups in total. The van der Waals surface area contributed by atoms with E-state index in [4.69, 9.17) is 4.42 Å². The van der Waals surface area contributed by atoms with Crippen molar-refractivity contribution in [3.63, 3.8) is 0 Å². The Kier molecular flexibility index (Phi) is 4.77. The number of nitrogens with zero attached hydrogens (tertiary/aromatic N) is 1. The van der Waals surface area contributed by atoms with Crippen molar-refractivity contribution < 1.29 is 13.6 Å². The van der Waals surface area contributed by atoms with Crippen molar-refractivity contribution in [1.82, 2.24) is 0 Å². The second-order valence-corrected chi connectivity index (χ2v) is 7.97. The summed E-state index contributed by atoms with van der Waals surface area (Å²) in [5, 5.41) is 2.92. The Morgan fingerprint density at radius 1 is 1.07 bits per heavy atom. The number of furan rings is 1. The minimum atomic E-state index is -0.335. The van der Waals surface area contributed by atoms with Crippen LogP contribution in [0.3, 0.4) is 0 Å². The van der Waals surface area contributed by atoms with Crippen LogP contribution in [0.4, 0.5) is 10.1 Å². The number of halogens is 1. The van der Waals surface area contributed by atoms with Gasteiger partial charge < -0.3 is 9.32 Å². The minimum absolute atomic E-state index is 0.232. The number of fused-ring (bicyclic) bond motifs is 1. The van der Waals surface area contributed by atoms with E-state index in [-0.39, 0.29) is 11.7 Å². The largest absolute Gasteiger partial charge is 0.451 e. The number of amides is 1. The molecule has 0 atom stereocenters. The van der Waals surface area contributed by atoms with Crippen LogP contribution in [0.1, 0.15) is 32.1 Å². The molecule has 0 radical (unpaired) electrons. The second kappa shape index (κ2) is 7.24. The summed E-state index contributed by atoms with van der Waals surface area (Å²) < 4.78 is 19.4. The standard InChI is InChI=1S/C23H20FNO2S/c1-14-11-20-16(3)22(27-21(20)12-15(14)2)23(26)25(13-19-5-4-10-28-19)18-8-6-17(24)7-9-18/h4-12H,13H2,1-3H3. The molecule has 2 aromatic carbocycles. The van der Waals surface area contributed by atoms with Crippen LogP contribution in [0, 0.1) is 26.6 Å². The Bertz CT molecular complexity index is 1140. The number of aryl methyl sites for hydroxylation is 3. The van der Waals surface area contributed by atoms with Gasteiger partial charge in [0.05, 0.1) is 6.54 Å². The van der Waals surface area contributed by atoms with Crippen molar-refractivity contribution in [2.75, 3.05) is 4.90 Å². The van der Waals surface area contributed by atoms with Gasteiger partial charge in [-0.3, -0.25) is 4.79 Å². The van der Waals surface area contributed by atoms with Crippen LogP contribution in [0.25, 0.3) is 11.0 Å². The number of hydrogen-bond donors (Lipinski definition) is 0. The zero-order valence-electron chi connectivity index (χ0n) is 16.0. The highest BCUT2D eigenvalue weighted by Gasteiger charge is 2.25. The topological polar surface area (TPSA) is 33.5 Å². The lowest BCUT2D eigenvalue weighted by atomic mass is 10.0. The molecule has 142 valence electrons. The van der Waals surface area contributed by atoms with Gasteiger partial charge in [0.2, 0.25) is 0 Å². The second-order valence-electron chi connectivity index (χ2n) is 6.94. The number of carbonyl (C=O) groups excluding carboxylic acids is 1. The quantitative estimate of drug-likeness (QED) is 0.402. The highest BCUT2D eigenvalue weighted by atomic mass is 32.1. The van der Waals surface area contributed by atoms with Crippen LogP contribution >= 0.6 is 11.3 Å². The molecule has 5 heteroatoms. The van der Waals surface area contributed by atoms with Crippen LogP contribution in [0.5, 0.6) is 0 Å². The highest BCUT2D eigenvalue weighted by Crippen LogP contribution is 2.31. The molecule has 0 bridgehead atoms. The molecule has 0 unspecified atom stereocenters. The first-order valence-corrected chi connectivity index (χ1v) is 9.92. The summed E-state index contributed by atoms with van der Waals surface area (Å²) in [5.74, 6) is -0.247. The predicted octanol–water partition coefficient (Wildman–Crippen LogP) is 6.41. The van der Waals surface area contributed by atoms with Gasteiger partial charge in [0, 0.05) is 21.5 Å². The Hall–Kier alpha value is -2.92. The number of carbonyl (C=O) groups is 1. The van der Waals surface area contributed by atoms with Gasteiger partial charge in [0.25, 0.3) is 5.91 Å². The average Bonchev–Trinajstić information content (AvgIpc) is 3.29. The zero-order chi connectivity index (χ0) is 19.8. The summed E-state index contributed by atoms with van der Waals surface area (Å²) >= 11 is 1.58. The van der Waals surface area contributed by atoms with E-state index >= 15 is 0 Å². The van der Waals surface area contributed by atoms with Gasteiger partial charge in [-0.1, -0.05) is 6.07 Å². The van der Waals surface area contributed by atoms with Crippen LogP contribution in [-0.4, -0.2) is 5.91 Å². The van der Waals surface area contributed by atoms with Gasteiger partial charge in [-0.05, 0) is 79.7 Å². The maximum atomic E-state index is 13.5. The molecule has 2 heterocycles. The molecule has 0 fully saturated rings. The molecule has 4 rings (SSSR count). The van der Waals surface area contributed by atoms with E-state index in [9.17, 15) is 9.18 Å².